The number of para-hydroxylation sites is 1. The molecule has 2 aliphatic heterocycles. The van der Waals surface area contributed by atoms with Gasteiger partial charge in [0.05, 0.1) is 11.3 Å². The van der Waals surface area contributed by atoms with Gasteiger partial charge in [-0.05, 0) is 41.3 Å². The number of anilines is 2. The van der Waals surface area contributed by atoms with Gasteiger partial charge in [-0.25, -0.2) is 0 Å². The molecule has 0 aromatic heterocycles. The molecule has 0 fully saturated rings. The maximum absolute atomic E-state index is 13.7. The Hall–Kier alpha value is -3.99. The number of nitrogens with zero attached hydrogens (tertiary/aromatic N) is 1. The number of carbonyl (C=O) groups excluding carboxylic acids is 1. The van der Waals surface area contributed by atoms with Gasteiger partial charge in [0, 0.05) is 11.1 Å². The first-order valence-electron chi connectivity index (χ1n) is 9.86. The van der Waals surface area contributed by atoms with Gasteiger partial charge in [0.25, 0.3) is 5.91 Å². The van der Waals surface area contributed by atoms with Crippen molar-refractivity contribution in [3.63, 3.8) is 0 Å². The smallest absolute Gasteiger partial charge is 0.262 e. The summed E-state index contributed by atoms with van der Waals surface area (Å²) in [4.78, 5) is 15.5. The third-order valence-electron chi connectivity index (χ3n) is 5.67. The van der Waals surface area contributed by atoms with Gasteiger partial charge in [-0.1, -0.05) is 54.6 Å². The van der Waals surface area contributed by atoms with Crippen molar-refractivity contribution in [3.8, 4) is 11.5 Å². The molecule has 0 saturated carbocycles. The van der Waals surface area contributed by atoms with Crippen LogP contribution in [0.15, 0.2) is 84.9 Å². The minimum absolute atomic E-state index is 0.0385. The van der Waals surface area contributed by atoms with E-state index >= 15 is 0 Å². The molecule has 2 aliphatic rings. The van der Waals surface area contributed by atoms with Crippen LogP contribution in [0.4, 0.5) is 11.4 Å². The summed E-state index contributed by atoms with van der Waals surface area (Å²) in [7, 11) is 0. The number of amides is 1. The fourth-order valence-corrected chi connectivity index (χ4v) is 4.24. The average molecular weight is 394 g/mol. The van der Waals surface area contributed by atoms with Crippen LogP contribution in [0.5, 0.6) is 11.5 Å². The molecule has 0 aliphatic carbocycles. The molecule has 1 unspecified atom stereocenters. The molecule has 1 atom stereocenters. The molecule has 30 heavy (non-hydrogen) atoms. The summed E-state index contributed by atoms with van der Waals surface area (Å²) in [5.41, 5.74) is 3.27. The van der Waals surface area contributed by atoms with E-state index in [0.717, 1.165) is 33.5 Å². The Morgan fingerprint density at radius 3 is 2.60 bits per heavy atom. The Morgan fingerprint density at radius 1 is 0.833 bits per heavy atom. The molecule has 4 aromatic carbocycles. The molecular weight excluding hydrogens is 376 g/mol. The van der Waals surface area contributed by atoms with Crippen LogP contribution < -0.4 is 19.7 Å². The number of hydrogen-bond acceptors (Lipinski definition) is 4. The molecule has 0 radical (unpaired) electrons. The molecule has 0 saturated heterocycles. The highest BCUT2D eigenvalue weighted by Crippen LogP contribution is 2.42. The summed E-state index contributed by atoms with van der Waals surface area (Å²) < 4.78 is 11.0. The van der Waals surface area contributed by atoms with Crippen LogP contribution in [0.25, 0.3) is 10.8 Å². The number of nitrogens with one attached hydrogen (secondary N) is 1. The van der Waals surface area contributed by atoms with Crippen LogP contribution >= 0.6 is 0 Å². The molecule has 1 amide bonds. The van der Waals surface area contributed by atoms with Crippen LogP contribution in [0.3, 0.4) is 0 Å². The van der Waals surface area contributed by atoms with Gasteiger partial charge in [0.1, 0.15) is 6.17 Å². The van der Waals surface area contributed by atoms with Crippen LogP contribution in [-0.2, 0) is 0 Å². The lowest BCUT2D eigenvalue weighted by molar-refractivity contribution is 0.0975. The van der Waals surface area contributed by atoms with Gasteiger partial charge in [-0.3, -0.25) is 9.69 Å². The summed E-state index contributed by atoms with van der Waals surface area (Å²) in [5.74, 6) is 1.37. The van der Waals surface area contributed by atoms with Crippen LogP contribution in [0, 0.1) is 0 Å². The minimum atomic E-state index is -0.382. The van der Waals surface area contributed by atoms with E-state index in [9.17, 15) is 4.79 Å². The minimum Gasteiger partial charge on any atom is -0.454 e. The van der Waals surface area contributed by atoms with E-state index in [1.54, 1.807) is 0 Å². The highest BCUT2D eigenvalue weighted by atomic mass is 16.7. The van der Waals surface area contributed by atoms with Crippen molar-refractivity contribution in [2.45, 2.75) is 6.17 Å². The second-order valence-corrected chi connectivity index (χ2v) is 7.38. The lowest BCUT2D eigenvalue weighted by Crippen LogP contribution is -2.43. The number of benzene rings is 4. The monoisotopic (exact) mass is 394 g/mol. The molecule has 2 heterocycles. The van der Waals surface area contributed by atoms with Gasteiger partial charge < -0.3 is 14.8 Å². The topological polar surface area (TPSA) is 50.8 Å². The molecule has 1 N–H and O–H groups in total. The Balaban J connectivity index is 1.56. The number of carbonyl (C=O) groups is 1. The lowest BCUT2D eigenvalue weighted by Gasteiger charge is -2.38. The summed E-state index contributed by atoms with van der Waals surface area (Å²) in [6.07, 6.45) is -0.382. The highest BCUT2D eigenvalue weighted by molar-refractivity contribution is 6.15. The molecule has 5 nitrogen and oxygen atoms in total. The fourth-order valence-electron chi connectivity index (χ4n) is 4.24. The van der Waals surface area contributed by atoms with Crippen LogP contribution in [0.1, 0.15) is 22.1 Å². The molecule has 4 aromatic rings. The first-order chi connectivity index (χ1) is 14.8. The van der Waals surface area contributed by atoms with Crippen molar-refractivity contribution in [1.29, 1.82) is 0 Å². The van der Waals surface area contributed by atoms with Crippen molar-refractivity contribution in [2.24, 2.45) is 0 Å². The first kappa shape index (κ1) is 16.9. The van der Waals surface area contributed by atoms with E-state index in [2.05, 4.69) is 23.5 Å². The van der Waals surface area contributed by atoms with Crippen molar-refractivity contribution < 1.29 is 14.3 Å². The predicted molar refractivity (Wildman–Crippen MR) is 116 cm³/mol. The van der Waals surface area contributed by atoms with Crippen LogP contribution in [-0.4, -0.2) is 12.7 Å². The van der Waals surface area contributed by atoms with E-state index < -0.39 is 0 Å². The zero-order chi connectivity index (χ0) is 20.1. The predicted octanol–water partition coefficient (Wildman–Crippen LogP) is 5.34. The van der Waals surface area contributed by atoms with Crippen molar-refractivity contribution in [3.05, 3.63) is 96.1 Å². The van der Waals surface area contributed by atoms with Gasteiger partial charge in [-0.15, -0.1) is 0 Å². The van der Waals surface area contributed by atoms with E-state index in [-0.39, 0.29) is 18.9 Å². The van der Waals surface area contributed by atoms with Crippen molar-refractivity contribution in [2.75, 3.05) is 17.0 Å². The third kappa shape index (κ3) is 2.52. The standard InChI is InChI=1S/C25H18N2O3/c28-25-19-9-3-4-10-20(19)26-24(17-12-13-22-23(14-17)30-15-29-22)27(25)21-11-5-7-16-6-1-2-8-18(16)21/h1-14,24,26H,15H2. The normalized spacial score (nSPS) is 17.0. The molecular formula is C25H18N2O3. The van der Waals surface area contributed by atoms with Crippen molar-refractivity contribution in [1.82, 2.24) is 0 Å². The van der Waals surface area contributed by atoms with Gasteiger partial charge >= 0.3 is 0 Å². The first-order valence-corrected chi connectivity index (χ1v) is 9.86. The average Bonchev–Trinajstić information content (AvgIpc) is 3.27. The number of rotatable bonds is 2. The second kappa shape index (κ2) is 6.52. The van der Waals surface area contributed by atoms with Crippen LogP contribution in [0.2, 0.25) is 0 Å². The summed E-state index contributed by atoms with van der Waals surface area (Å²) in [6.45, 7) is 0.214. The van der Waals surface area contributed by atoms with E-state index in [1.165, 1.54) is 0 Å². The molecule has 146 valence electrons. The maximum atomic E-state index is 13.7. The Bertz CT molecular complexity index is 1300. The summed E-state index contributed by atoms with van der Waals surface area (Å²) in [5, 5.41) is 5.67. The van der Waals surface area contributed by atoms with E-state index in [1.807, 2.05) is 71.6 Å². The van der Waals surface area contributed by atoms with Gasteiger partial charge in [0.15, 0.2) is 11.5 Å². The van der Waals surface area contributed by atoms with Gasteiger partial charge in [0.2, 0.25) is 6.79 Å². The highest BCUT2D eigenvalue weighted by Gasteiger charge is 2.35. The van der Waals surface area contributed by atoms with E-state index in [4.69, 9.17) is 9.47 Å². The molecule has 0 spiro atoms. The number of fused-ring (bicyclic) bond motifs is 3. The van der Waals surface area contributed by atoms with Gasteiger partial charge in [-0.2, -0.15) is 0 Å². The largest absolute Gasteiger partial charge is 0.454 e. The maximum Gasteiger partial charge on any atom is 0.262 e. The lowest BCUT2D eigenvalue weighted by atomic mass is 10.00. The quantitative estimate of drug-likeness (QED) is 0.499. The fraction of sp³-hybridized carbons (Fsp3) is 0.0800. The SMILES string of the molecule is O=C1c2ccccc2NC(c2ccc3c(c2)OCO3)N1c1cccc2ccccc12. The number of ether oxygens (including phenoxy) is 2. The summed E-state index contributed by atoms with van der Waals surface area (Å²) in [6, 6.07) is 27.6. The second-order valence-electron chi connectivity index (χ2n) is 7.38. The molecule has 5 heteroatoms. The zero-order valence-corrected chi connectivity index (χ0v) is 16.0. The Labute approximate surface area is 173 Å². The third-order valence-corrected chi connectivity index (χ3v) is 5.67. The van der Waals surface area contributed by atoms with E-state index in [0.29, 0.717) is 11.3 Å². The molecule has 0 bridgehead atoms. The number of hydrogen-bond donors (Lipinski definition) is 1. The zero-order valence-electron chi connectivity index (χ0n) is 16.0. The molecule has 6 rings (SSSR count). The Kier molecular flexibility index (Phi) is 3.68. The Morgan fingerprint density at radius 2 is 1.63 bits per heavy atom. The van der Waals surface area contributed by atoms with Crippen molar-refractivity contribution >= 4 is 28.1 Å². The summed E-state index contributed by atoms with van der Waals surface area (Å²) >= 11 is 0.